The van der Waals surface area contributed by atoms with Crippen molar-refractivity contribution in [2.24, 2.45) is 0 Å². The fraction of sp³-hybridized carbons (Fsp3) is 0.538. The van der Waals surface area contributed by atoms with Crippen molar-refractivity contribution < 1.29 is 0 Å². The lowest BCUT2D eigenvalue weighted by Gasteiger charge is -2.08. The number of nitrogens with two attached hydrogens (primary N) is 1. The molecule has 0 aliphatic carbocycles. The average molecular weight is 191 g/mol. The van der Waals surface area contributed by atoms with Crippen LogP contribution in [0, 0.1) is 6.92 Å². The topological polar surface area (TPSA) is 26.0 Å². The first-order chi connectivity index (χ1) is 6.75. The van der Waals surface area contributed by atoms with E-state index in [1.807, 2.05) is 12.1 Å². The van der Waals surface area contributed by atoms with Gasteiger partial charge in [0.25, 0.3) is 0 Å². The Morgan fingerprint density at radius 3 is 2.57 bits per heavy atom. The van der Waals surface area contributed by atoms with Crippen molar-refractivity contribution in [1.82, 2.24) is 0 Å². The number of unbranched alkanes of at least 4 members (excludes halogenated alkanes) is 3. The summed E-state index contributed by atoms with van der Waals surface area (Å²) >= 11 is 0. The Hall–Kier alpha value is -0.980. The van der Waals surface area contributed by atoms with Gasteiger partial charge in [-0.15, -0.1) is 0 Å². The second kappa shape index (κ2) is 5.69. The van der Waals surface area contributed by atoms with Gasteiger partial charge in [0.05, 0.1) is 0 Å². The van der Waals surface area contributed by atoms with E-state index in [1.165, 1.54) is 36.8 Å². The molecule has 0 heterocycles. The molecule has 0 fully saturated rings. The van der Waals surface area contributed by atoms with E-state index >= 15 is 0 Å². The molecule has 0 amide bonds. The molecule has 0 aromatic heterocycles. The van der Waals surface area contributed by atoms with Crippen LogP contribution in [0.15, 0.2) is 18.2 Å². The highest BCUT2D eigenvalue weighted by Crippen LogP contribution is 2.19. The number of anilines is 1. The molecule has 1 aromatic rings. The fourth-order valence-corrected chi connectivity index (χ4v) is 1.80. The Bertz CT molecular complexity index is 258. The summed E-state index contributed by atoms with van der Waals surface area (Å²) in [6.07, 6.45) is 6.36. The monoisotopic (exact) mass is 191 g/mol. The summed E-state index contributed by atoms with van der Waals surface area (Å²) in [6.45, 7) is 4.38. The second-order valence-corrected chi connectivity index (χ2v) is 3.95. The van der Waals surface area contributed by atoms with Gasteiger partial charge >= 0.3 is 0 Å². The maximum absolute atomic E-state index is 5.94. The number of nitrogen functional groups attached to an aromatic ring is 1. The van der Waals surface area contributed by atoms with Crippen LogP contribution in [0.2, 0.25) is 0 Å². The molecule has 0 aliphatic rings. The molecular formula is C13H21N. The molecule has 14 heavy (non-hydrogen) atoms. The lowest BCUT2D eigenvalue weighted by molar-refractivity contribution is 0.666. The van der Waals surface area contributed by atoms with Crippen LogP contribution in [-0.4, -0.2) is 0 Å². The third-order valence-electron chi connectivity index (χ3n) is 2.73. The summed E-state index contributed by atoms with van der Waals surface area (Å²) in [6, 6.07) is 6.17. The zero-order chi connectivity index (χ0) is 10.4. The second-order valence-electron chi connectivity index (χ2n) is 3.95. The van der Waals surface area contributed by atoms with E-state index in [4.69, 9.17) is 5.73 Å². The molecule has 0 bridgehead atoms. The quantitative estimate of drug-likeness (QED) is 0.557. The van der Waals surface area contributed by atoms with Crippen molar-refractivity contribution in [1.29, 1.82) is 0 Å². The SMILES string of the molecule is CCCCCCc1c(C)cccc1N. The molecule has 0 saturated heterocycles. The van der Waals surface area contributed by atoms with Gasteiger partial charge in [-0.2, -0.15) is 0 Å². The van der Waals surface area contributed by atoms with E-state index in [1.54, 1.807) is 0 Å². The fourth-order valence-electron chi connectivity index (χ4n) is 1.80. The van der Waals surface area contributed by atoms with E-state index in [9.17, 15) is 0 Å². The minimum absolute atomic E-state index is 0.960. The molecule has 0 atom stereocenters. The summed E-state index contributed by atoms with van der Waals surface area (Å²) < 4.78 is 0. The summed E-state index contributed by atoms with van der Waals surface area (Å²) in [4.78, 5) is 0. The van der Waals surface area contributed by atoms with Crippen LogP contribution in [-0.2, 0) is 6.42 Å². The van der Waals surface area contributed by atoms with E-state index in [0.717, 1.165) is 12.1 Å². The summed E-state index contributed by atoms with van der Waals surface area (Å²) in [7, 11) is 0. The van der Waals surface area contributed by atoms with Gasteiger partial charge in [0.2, 0.25) is 0 Å². The highest BCUT2D eigenvalue weighted by Gasteiger charge is 2.01. The van der Waals surface area contributed by atoms with Gasteiger partial charge in [-0.05, 0) is 37.0 Å². The van der Waals surface area contributed by atoms with Crippen molar-refractivity contribution in [3.63, 3.8) is 0 Å². The maximum atomic E-state index is 5.94. The van der Waals surface area contributed by atoms with Gasteiger partial charge in [-0.3, -0.25) is 0 Å². The van der Waals surface area contributed by atoms with Gasteiger partial charge in [0.1, 0.15) is 0 Å². The van der Waals surface area contributed by atoms with Crippen molar-refractivity contribution in [3.8, 4) is 0 Å². The number of aryl methyl sites for hydroxylation is 1. The standard InChI is InChI=1S/C13H21N/c1-3-4-5-6-9-12-11(2)8-7-10-13(12)14/h7-8,10H,3-6,9,14H2,1-2H3. The van der Waals surface area contributed by atoms with Crippen LogP contribution in [0.4, 0.5) is 5.69 Å². The van der Waals surface area contributed by atoms with E-state index in [0.29, 0.717) is 0 Å². The van der Waals surface area contributed by atoms with Gasteiger partial charge in [-0.1, -0.05) is 38.3 Å². The number of hydrogen-bond acceptors (Lipinski definition) is 1. The van der Waals surface area contributed by atoms with Crippen molar-refractivity contribution in [2.75, 3.05) is 5.73 Å². The van der Waals surface area contributed by atoms with E-state index < -0.39 is 0 Å². The first kappa shape index (κ1) is 11.1. The summed E-state index contributed by atoms with van der Waals surface area (Å²) in [5, 5.41) is 0. The zero-order valence-corrected chi connectivity index (χ0v) is 9.34. The summed E-state index contributed by atoms with van der Waals surface area (Å²) in [5.74, 6) is 0. The molecule has 1 aromatic carbocycles. The number of benzene rings is 1. The highest BCUT2D eigenvalue weighted by atomic mass is 14.6. The Balaban J connectivity index is 2.49. The molecule has 0 radical (unpaired) electrons. The molecule has 78 valence electrons. The maximum Gasteiger partial charge on any atom is 0.0349 e. The molecule has 1 rings (SSSR count). The predicted octanol–water partition coefficient (Wildman–Crippen LogP) is 3.70. The third kappa shape index (κ3) is 3.06. The average Bonchev–Trinajstić information content (AvgIpc) is 2.16. The first-order valence-corrected chi connectivity index (χ1v) is 5.59. The van der Waals surface area contributed by atoms with Crippen molar-refractivity contribution >= 4 is 5.69 Å². The molecular weight excluding hydrogens is 170 g/mol. The van der Waals surface area contributed by atoms with Crippen LogP contribution in [0.5, 0.6) is 0 Å². The van der Waals surface area contributed by atoms with Crippen molar-refractivity contribution in [2.45, 2.75) is 46.0 Å². The molecule has 2 N–H and O–H groups in total. The Kier molecular flexibility index (Phi) is 4.51. The summed E-state index contributed by atoms with van der Waals surface area (Å²) in [5.41, 5.74) is 9.58. The minimum Gasteiger partial charge on any atom is -0.398 e. The molecule has 0 unspecified atom stereocenters. The van der Waals surface area contributed by atoms with E-state index in [2.05, 4.69) is 19.9 Å². The normalized spacial score (nSPS) is 10.4. The Morgan fingerprint density at radius 2 is 1.93 bits per heavy atom. The van der Waals surface area contributed by atoms with Crippen molar-refractivity contribution in [3.05, 3.63) is 29.3 Å². The van der Waals surface area contributed by atoms with Crippen LogP contribution >= 0.6 is 0 Å². The molecule has 0 aliphatic heterocycles. The number of rotatable bonds is 5. The van der Waals surface area contributed by atoms with Gasteiger partial charge < -0.3 is 5.73 Å². The third-order valence-corrected chi connectivity index (χ3v) is 2.73. The molecule has 1 heteroatoms. The zero-order valence-electron chi connectivity index (χ0n) is 9.34. The Labute approximate surface area is 87.3 Å². The van der Waals surface area contributed by atoms with Gasteiger partial charge in [0, 0.05) is 5.69 Å². The Morgan fingerprint density at radius 1 is 1.14 bits per heavy atom. The molecule has 1 nitrogen and oxygen atoms in total. The van der Waals surface area contributed by atoms with Crippen LogP contribution in [0.1, 0.15) is 43.7 Å². The largest absolute Gasteiger partial charge is 0.398 e. The first-order valence-electron chi connectivity index (χ1n) is 5.59. The number of hydrogen-bond donors (Lipinski definition) is 1. The molecule has 0 spiro atoms. The van der Waals surface area contributed by atoms with Crippen LogP contribution < -0.4 is 5.73 Å². The van der Waals surface area contributed by atoms with E-state index in [-0.39, 0.29) is 0 Å². The highest BCUT2D eigenvalue weighted by molar-refractivity contribution is 5.50. The van der Waals surface area contributed by atoms with Crippen LogP contribution in [0.25, 0.3) is 0 Å². The predicted molar refractivity (Wildman–Crippen MR) is 63.4 cm³/mol. The lowest BCUT2D eigenvalue weighted by atomic mass is 10.0. The molecule has 0 saturated carbocycles. The lowest BCUT2D eigenvalue weighted by Crippen LogP contribution is -1.97. The minimum atomic E-state index is 0.960. The smallest absolute Gasteiger partial charge is 0.0349 e. The van der Waals surface area contributed by atoms with Crippen LogP contribution in [0.3, 0.4) is 0 Å². The van der Waals surface area contributed by atoms with Gasteiger partial charge in [-0.25, -0.2) is 0 Å². The van der Waals surface area contributed by atoms with Gasteiger partial charge in [0.15, 0.2) is 0 Å².